The van der Waals surface area contributed by atoms with Gasteiger partial charge in [0.05, 0.1) is 6.04 Å². The number of amides is 4. The molecule has 0 aromatic carbocycles. The van der Waals surface area contributed by atoms with Crippen LogP contribution in [0.2, 0.25) is 0 Å². The molecule has 1 saturated heterocycles. The minimum atomic E-state index is -1.24. The predicted octanol–water partition coefficient (Wildman–Crippen LogP) is -2.88. The first-order chi connectivity index (χ1) is 14.0. The summed E-state index contributed by atoms with van der Waals surface area (Å²) in [6, 6.07) is -3.29. The average molecular weight is 429 g/mol. The van der Waals surface area contributed by atoms with E-state index in [1.54, 1.807) is 0 Å². The molecule has 0 bridgehead atoms. The van der Waals surface area contributed by atoms with E-state index in [0.29, 0.717) is 12.8 Å². The van der Waals surface area contributed by atoms with Crippen molar-refractivity contribution in [3.8, 4) is 0 Å². The quantitative estimate of drug-likeness (QED) is 0.187. The topological polar surface area (TPSA) is 222 Å². The van der Waals surface area contributed by atoms with Crippen molar-refractivity contribution in [2.45, 2.75) is 56.7 Å². The van der Waals surface area contributed by atoms with E-state index in [-0.39, 0.29) is 32.2 Å². The normalized spacial score (nSPS) is 17.6. The van der Waals surface area contributed by atoms with Gasteiger partial charge in [0, 0.05) is 19.4 Å². The number of carboxylic acid groups (broad SMARTS) is 2. The molecular weight excluding hydrogens is 402 g/mol. The number of likely N-dealkylation sites (tertiary alicyclic amines) is 1. The molecule has 1 aliphatic rings. The number of hydrogen-bond acceptors (Lipinski definition) is 7. The van der Waals surface area contributed by atoms with Gasteiger partial charge in [-0.05, 0) is 25.7 Å². The van der Waals surface area contributed by atoms with E-state index in [1.807, 2.05) is 0 Å². The third kappa shape index (κ3) is 8.03. The van der Waals surface area contributed by atoms with Crippen molar-refractivity contribution in [2.75, 3.05) is 13.1 Å². The summed E-state index contributed by atoms with van der Waals surface area (Å²) in [4.78, 5) is 71.1. The molecule has 1 heterocycles. The van der Waals surface area contributed by atoms with Crippen LogP contribution in [-0.4, -0.2) is 81.9 Å². The lowest BCUT2D eigenvalue weighted by atomic mass is 10.1. The number of carboxylic acids is 2. The second-order valence-corrected chi connectivity index (χ2v) is 6.91. The molecule has 0 spiro atoms. The number of primary amides is 1. The van der Waals surface area contributed by atoms with Gasteiger partial charge in [-0.3, -0.25) is 28.8 Å². The first kappa shape index (κ1) is 24.8. The van der Waals surface area contributed by atoms with Gasteiger partial charge in [0.2, 0.25) is 23.6 Å². The lowest BCUT2D eigenvalue weighted by Crippen LogP contribution is -2.56. The fraction of sp³-hybridized carbons (Fsp3) is 0.647. The van der Waals surface area contributed by atoms with Gasteiger partial charge in [-0.25, -0.2) is 0 Å². The molecule has 4 amide bonds. The second-order valence-electron chi connectivity index (χ2n) is 6.91. The highest BCUT2D eigenvalue weighted by Crippen LogP contribution is 2.19. The molecule has 0 aromatic heterocycles. The van der Waals surface area contributed by atoms with Gasteiger partial charge >= 0.3 is 11.9 Å². The van der Waals surface area contributed by atoms with Crippen LogP contribution < -0.4 is 22.1 Å². The smallest absolute Gasteiger partial charge is 0.322 e. The maximum atomic E-state index is 13.0. The van der Waals surface area contributed by atoms with Crippen molar-refractivity contribution < 1.29 is 39.0 Å². The highest BCUT2D eigenvalue weighted by molar-refractivity contribution is 5.94. The Morgan fingerprint density at radius 1 is 1.03 bits per heavy atom. The predicted molar refractivity (Wildman–Crippen MR) is 101 cm³/mol. The molecular formula is C17H27N5O8. The van der Waals surface area contributed by atoms with E-state index in [1.165, 1.54) is 4.90 Å². The zero-order chi connectivity index (χ0) is 22.8. The molecule has 0 saturated carbocycles. The van der Waals surface area contributed by atoms with Crippen LogP contribution in [0.3, 0.4) is 0 Å². The van der Waals surface area contributed by atoms with Crippen LogP contribution in [0.4, 0.5) is 0 Å². The number of carbonyl (C=O) groups is 6. The van der Waals surface area contributed by atoms with E-state index in [0.717, 1.165) is 0 Å². The lowest BCUT2D eigenvalue weighted by molar-refractivity contribution is -0.143. The van der Waals surface area contributed by atoms with E-state index in [2.05, 4.69) is 10.6 Å². The standard InChI is InChI=1S/C17H27N5O8/c18-9(3-6-13(24)25)15(28)21-10(4-5-12(19)23)17(30)22-7-1-2-11(22)16(29)20-8-14(26)27/h9-11H,1-8,18H2,(H2,19,23)(H,20,29)(H,21,28)(H,24,25)(H,26,27). The zero-order valence-electron chi connectivity index (χ0n) is 16.3. The molecule has 0 radical (unpaired) electrons. The van der Waals surface area contributed by atoms with Crippen LogP contribution in [0.25, 0.3) is 0 Å². The van der Waals surface area contributed by atoms with E-state index in [9.17, 15) is 28.8 Å². The van der Waals surface area contributed by atoms with Crippen molar-refractivity contribution in [2.24, 2.45) is 11.5 Å². The Kier molecular flexibility index (Phi) is 9.68. The summed E-state index contributed by atoms with van der Waals surface area (Å²) in [5, 5.41) is 22.0. The van der Waals surface area contributed by atoms with E-state index >= 15 is 0 Å². The van der Waals surface area contributed by atoms with Crippen LogP contribution in [0.15, 0.2) is 0 Å². The van der Waals surface area contributed by atoms with Gasteiger partial charge in [0.25, 0.3) is 0 Å². The minimum absolute atomic E-state index is 0.133. The highest BCUT2D eigenvalue weighted by Gasteiger charge is 2.38. The van der Waals surface area contributed by atoms with Gasteiger partial charge < -0.3 is 37.2 Å². The molecule has 30 heavy (non-hydrogen) atoms. The molecule has 8 N–H and O–H groups in total. The van der Waals surface area contributed by atoms with Crippen LogP contribution in [0.5, 0.6) is 0 Å². The van der Waals surface area contributed by atoms with Gasteiger partial charge in [0.15, 0.2) is 0 Å². The molecule has 0 aliphatic carbocycles. The molecule has 168 valence electrons. The van der Waals surface area contributed by atoms with E-state index < -0.39 is 60.2 Å². The maximum Gasteiger partial charge on any atom is 0.322 e. The Labute approximate surface area is 172 Å². The average Bonchev–Trinajstić information content (AvgIpc) is 3.16. The van der Waals surface area contributed by atoms with Gasteiger partial charge in [-0.15, -0.1) is 0 Å². The van der Waals surface area contributed by atoms with Crippen molar-refractivity contribution in [1.82, 2.24) is 15.5 Å². The number of carbonyl (C=O) groups excluding carboxylic acids is 4. The summed E-state index contributed by atoms with van der Waals surface area (Å²) in [6.07, 6.45) is -0.0398. The largest absolute Gasteiger partial charge is 0.481 e. The third-order valence-corrected chi connectivity index (χ3v) is 4.55. The lowest BCUT2D eigenvalue weighted by Gasteiger charge is -2.29. The first-order valence-corrected chi connectivity index (χ1v) is 9.39. The van der Waals surface area contributed by atoms with Gasteiger partial charge in [-0.2, -0.15) is 0 Å². The summed E-state index contributed by atoms with van der Waals surface area (Å²) < 4.78 is 0. The maximum absolute atomic E-state index is 13.0. The van der Waals surface area contributed by atoms with Crippen molar-refractivity contribution in [3.05, 3.63) is 0 Å². The SMILES string of the molecule is NC(=O)CCC(NC(=O)C(N)CCC(=O)O)C(=O)N1CCCC1C(=O)NCC(=O)O. The number of rotatable bonds is 12. The molecule has 1 fully saturated rings. The molecule has 3 unspecified atom stereocenters. The Morgan fingerprint density at radius 3 is 2.27 bits per heavy atom. The molecule has 1 aliphatic heterocycles. The Bertz CT molecular complexity index is 698. The summed E-state index contributed by atoms with van der Waals surface area (Å²) in [5.74, 6) is -5.11. The summed E-state index contributed by atoms with van der Waals surface area (Å²) >= 11 is 0. The van der Waals surface area contributed by atoms with Crippen LogP contribution in [-0.2, 0) is 28.8 Å². The molecule has 13 heteroatoms. The first-order valence-electron chi connectivity index (χ1n) is 9.39. The van der Waals surface area contributed by atoms with Crippen molar-refractivity contribution >= 4 is 35.6 Å². The number of nitrogens with two attached hydrogens (primary N) is 2. The molecule has 1 rings (SSSR count). The van der Waals surface area contributed by atoms with Crippen LogP contribution >= 0.6 is 0 Å². The second kappa shape index (κ2) is 11.7. The number of hydrogen-bond donors (Lipinski definition) is 6. The fourth-order valence-electron chi connectivity index (χ4n) is 3.02. The number of nitrogens with zero attached hydrogens (tertiary/aromatic N) is 1. The van der Waals surface area contributed by atoms with Crippen LogP contribution in [0.1, 0.15) is 38.5 Å². The zero-order valence-corrected chi connectivity index (χ0v) is 16.3. The summed E-state index contributed by atoms with van der Waals surface area (Å²) in [5.41, 5.74) is 10.8. The number of nitrogens with one attached hydrogen (secondary N) is 2. The van der Waals surface area contributed by atoms with Gasteiger partial charge in [-0.1, -0.05) is 0 Å². The Balaban J connectivity index is 2.86. The van der Waals surface area contributed by atoms with Crippen molar-refractivity contribution in [3.63, 3.8) is 0 Å². The molecule has 13 nitrogen and oxygen atoms in total. The van der Waals surface area contributed by atoms with Gasteiger partial charge in [0.1, 0.15) is 18.6 Å². The fourth-order valence-corrected chi connectivity index (χ4v) is 3.02. The highest BCUT2D eigenvalue weighted by atomic mass is 16.4. The molecule has 3 atom stereocenters. The number of aliphatic carboxylic acids is 2. The Hall–Kier alpha value is -3.22. The van der Waals surface area contributed by atoms with E-state index in [4.69, 9.17) is 21.7 Å². The third-order valence-electron chi connectivity index (χ3n) is 4.55. The Morgan fingerprint density at radius 2 is 1.70 bits per heavy atom. The minimum Gasteiger partial charge on any atom is -0.481 e. The van der Waals surface area contributed by atoms with Crippen molar-refractivity contribution in [1.29, 1.82) is 0 Å². The van der Waals surface area contributed by atoms with Crippen LogP contribution in [0, 0.1) is 0 Å². The monoisotopic (exact) mass is 429 g/mol. The summed E-state index contributed by atoms with van der Waals surface area (Å²) in [7, 11) is 0. The summed E-state index contributed by atoms with van der Waals surface area (Å²) in [6.45, 7) is -0.393. The molecule has 0 aromatic rings.